The van der Waals surface area contributed by atoms with E-state index in [9.17, 15) is 13.2 Å². The van der Waals surface area contributed by atoms with Gasteiger partial charge in [-0.3, -0.25) is 0 Å². The van der Waals surface area contributed by atoms with E-state index in [4.69, 9.17) is 0 Å². The van der Waals surface area contributed by atoms with Crippen LogP contribution in [0.3, 0.4) is 0 Å². The van der Waals surface area contributed by atoms with Gasteiger partial charge in [-0.2, -0.15) is 6.41 Å². The van der Waals surface area contributed by atoms with Gasteiger partial charge in [0.2, 0.25) is 0 Å². The quantitative estimate of drug-likeness (QED) is 0.580. The molecule has 0 bridgehead atoms. The van der Waals surface area contributed by atoms with Crippen LogP contribution in [0.25, 0.3) is 0 Å². The molecule has 14 heavy (non-hydrogen) atoms. The van der Waals surface area contributed by atoms with Crippen LogP contribution in [0.5, 0.6) is 0 Å². The van der Waals surface area contributed by atoms with Crippen molar-refractivity contribution in [3.05, 3.63) is 29.8 Å². The first kappa shape index (κ1) is 10.7. The van der Waals surface area contributed by atoms with Gasteiger partial charge >= 0.3 is 0 Å². The standard InChI is InChI=1S/C9H10NO3S/c1-8-2-4-9(5-3-8)14(12,13)7-10-6-11/h2-5H,7H2,1H3,(H,10,11)/q-1. The van der Waals surface area contributed by atoms with E-state index in [1.165, 1.54) is 18.5 Å². The lowest BCUT2D eigenvalue weighted by Crippen LogP contribution is -2.21. The Morgan fingerprint density at radius 1 is 1.29 bits per heavy atom. The largest absolute Gasteiger partial charge is 0.520 e. The third-order valence-corrected chi connectivity index (χ3v) is 3.23. The molecule has 1 aromatic carbocycles. The molecule has 0 atom stereocenters. The van der Waals surface area contributed by atoms with E-state index in [0.717, 1.165) is 5.56 Å². The van der Waals surface area contributed by atoms with Gasteiger partial charge in [0, 0.05) is 0 Å². The number of sulfone groups is 1. The molecule has 0 saturated carbocycles. The first-order valence-electron chi connectivity index (χ1n) is 3.96. The van der Waals surface area contributed by atoms with Gasteiger partial charge in [0.15, 0.2) is 9.84 Å². The number of hydrogen-bond acceptors (Lipinski definition) is 3. The van der Waals surface area contributed by atoms with Gasteiger partial charge in [-0.25, -0.2) is 8.42 Å². The molecule has 1 amide bonds. The minimum atomic E-state index is -3.41. The van der Waals surface area contributed by atoms with Crippen molar-refractivity contribution in [2.75, 3.05) is 5.88 Å². The summed E-state index contributed by atoms with van der Waals surface area (Å²) in [6.07, 6.45) is 1.33. The molecule has 76 valence electrons. The van der Waals surface area contributed by atoms with Crippen LogP contribution < -0.4 is 5.32 Å². The van der Waals surface area contributed by atoms with Crippen molar-refractivity contribution < 1.29 is 13.2 Å². The zero-order chi connectivity index (χ0) is 10.6. The molecule has 0 spiro atoms. The van der Waals surface area contributed by atoms with Gasteiger partial charge in [0.25, 0.3) is 0 Å². The molecular formula is C9H10NO3S-. The van der Waals surface area contributed by atoms with E-state index in [0.29, 0.717) is 0 Å². The summed E-state index contributed by atoms with van der Waals surface area (Å²) in [5, 5.41) is 2.01. The van der Waals surface area contributed by atoms with Crippen LogP contribution in [0, 0.1) is 6.92 Å². The van der Waals surface area contributed by atoms with Crippen LogP contribution in [0.1, 0.15) is 5.56 Å². The van der Waals surface area contributed by atoms with Crippen molar-refractivity contribution in [1.82, 2.24) is 5.32 Å². The fraction of sp³-hybridized carbons (Fsp3) is 0.222. The summed E-state index contributed by atoms with van der Waals surface area (Å²) in [6.45, 7) is 1.87. The lowest BCUT2D eigenvalue weighted by atomic mass is 10.2. The van der Waals surface area contributed by atoms with Gasteiger partial charge in [-0.1, -0.05) is 17.7 Å². The van der Waals surface area contributed by atoms with Crippen molar-refractivity contribution in [3.8, 4) is 0 Å². The van der Waals surface area contributed by atoms with Crippen molar-refractivity contribution in [2.45, 2.75) is 11.8 Å². The summed E-state index contributed by atoms with van der Waals surface area (Å²) in [4.78, 5) is 10.0. The Kier molecular flexibility index (Phi) is 3.24. The van der Waals surface area contributed by atoms with Gasteiger partial charge in [-0.15, -0.1) is 0 Å². The zero-order valence-electron chi connectivity index (χ0n) is 7.65. The summed E-state index contributed by atoms with van der Waals surface area (Å²) in [5.41, 5.74) is 0.985. The Hall–Kier alpha value is -1.36. The maximum absolute atomic E-state index is 11.5. The maximum atomic E-state index is 11.5. The molecule has 1 aromatic rings. The predicted octanol–water partition coefficient (Wildman–Crippen LogP) is 0.383. The minimum absolute atomic E-state index is 0.200. The second-order valence-corrected chi connectivity index (χ2v) is 4.84. The van der Waals surface area contributed by atoms with Gasteiger partial charge in [0.05, 0.1) is 10.8 Å². The number of rotatable bonds is 4. The van der Waals surface area contributed by atoms with Gasteiger partial charge < -0.3 is 10.1 Å². The van der Waals surface area contributed by atoms with Crippen LogP contribution in [0.15, 0.2) is 29.2 Å². The van der Waals surface area contributed by atoms with Crippen LogP contribution in [0.4, 0.5) is 0 Å². The van der Waals surface area contributed by atoms with Crippen LogP contribution in [0.2, 0.25) is 0 Å². The fourth-order valence-corrected chi connectivity index (χ4v) is 1.92. The Labute approximate surface area is 82.9 Å². The molecule has 0 aromatic heterocycles. The molecule has 0 unspecified atom stereocenters. The number of nitrogens with one attached hydrogen (secondary N) is 1. The molecular weight excluding hydrogens is 202 g/mol. The SMILES string of the molecule is Cc1ccc(S(=O)(=O)CN[C-]=O)cc1. The van der Waals surface area contributed by atoms with E-state index in [-0.39, 0.29) is 4.90 Å². The molecule has 0 fully saturated rings. The average molecular weight is 212 g/mol. The van der Waals surface area contributed by atoms with Crippen molar-refractivity contribution in [2.24, 2.45) is 0 Å². The second kappa shape index (κ2) is 4.23. The smallest absolute Gasteiger partial charge is 0.193 e. The second-order valence-electron chi connectivity index (χ2n) is 2.85. The van der Waals surface area contributed by atoms with E-state index in [1.54, 1.807) is 12.1 Å². The minimum Gasteiger partial charge on any atom is -0.520 e. The molecule has 0 aliphatic carbocycles. The van der Waals surface area contributed by atoms with E-state index < -0.39 is 15.7 Å². The Morgan fingerprint density at radius 3 is 2.36 bits per heavy atom. The number of aryl methyl sites for hydroxylation is 1. The molecule has 1 N–H and O–H groups in total. The summed E-state index contributed by atoms with van der Waals surface area (Å²) in [7, 11) is -3.41. The summed E-state index contributed by atoms with van der Waals surface area (Å²) in [6, 6.07) is 6.43. The highest BCUT2D eigenvalue weighted by molar-refractivity contribution is 7.91. The van der Waals surface area contributed by atoms with Crippen LogP contribution in [-0.4, -0.2) is 20.7 Å². The van der Waals surface area contributed by atoms with E-state index in [2.05, 4.69) is 0 Å². The van der Waals surface area contributed by atoms with Gasteiger partial charge in [0.1, 0.15) is 0 Å². The molecule has 0 heterocycles. The number of amides is 1. The molecule has 1 rings (SSSR count). The normalized spacial score (nSPS) is 10.9. The summed E-state index contributed by atoms with van der Waals surface area (Å²) in [5.74, 6) is -0.417. The Bertz CT molecular complexity index is 408. The fourth-order valence-electron chi connectivity index (χ4n) is 0.953. The summed E-state index contributed by atoms with van der Waals surface area (Å²) < 4.78 is 22.9. The molecule has 0 radical (unpaired) electrons. The van der Waals surface area contributed by atoms with E-state index >= 15 is 0 Å². The third kappa shape index (κ3) is 2.56. The maximum Gasteiger partial charge on any atom is 0.193 e. The first-order chi connectivity index (χ1) is 6.56. The highest BCUT2D eigenvalue weighted by Crippen LogP contribution is 2.10. The average Bonchev–Trinajstić information content (AvgIpc) is 2.16. The molecule has 0 aliphatic heterocycles. The summed E-state index contributed by atoms with van der Waals surface area (Å²) >= 11 is 0. The van der Waals surface area contributed by atoms with E-state index in [1.807, 2.05) is 12.2 Å². The lowest BCUT2D eigenvalue weighted by Gasteiger charge is -2.07. The molecule has 0 saturated heterocycles. The number of benzene rings is 1. The Balaban J connectivity index is 2.93. The number of carbonyl (C=O) groups excluding carboxylic acids is 1. The van der Waals surface area contributed by atoms with Crippen LogP contribution in [-0.2, 0) is 14.6 Å². The lowest BCUT2D eigenvalue weighted by molar-refractivity contribution is 0.543. The van der Waals surface area contributed by atoms with Crippen molar-refractivity contribution in [3.63, 3.8) is 0 Å². The molecule has 5 heteroatoms. The van der Waals surface area contributed by atoms with Crippen molar-refractivity contribution >= 4 is 16.2 Å². The first-order valence-corrected chi connectivity index (χ1v) is 5.61. The van der Waals surface area contributed by atoms with Crippen LogP contribution >= 0.6 is 0 Å². The zero-order valence-corrected chi connectivity index (χ0v) is 8.47. The van der Waals surface area contributed by atoms with Gasteiger partial charge in [-0.05, 0) is 19.1 Å². The topological polar surface area (TPSA) is 63.2 Å². The number of hydrogen-bond donors (Lipinski definition) is 1. The molecule has 0 aliphatic rings. The highest BCUT2D eigenvalue weighted by Gasteiger charge is 2.10. The monoisotopic (exact) mass is 212 g/mol. The Morgan fingerprint density at radius 2 is 1.86 bits per heavy atom. The predicted molar refractivity (Wildman–Crippen MR) is 52.1 cm³/mol. The third-order valence-electron chi connectivity index (χ3n) is 1.71. The van der Waals surface area contributed by atoms with Crippen molar-refractivity contribution in [1.29, 1.82) is 0 Å². The highest BCUT2D eigenvalue weighted by atomic mass is 32.2. The molecule has 4 nitrogen and oxygen atoms in total.